The Hall–Kier alpha value is -2.48. The molecular formula is C21H27NO6S. The SMILES string of the molecule is CC[C@@H](C)Oc1ccc(/C=C2\SC(=O)N(CC(=O)OCC(C)C)C2=O)cc1OC. The molecule has 0 N–H and O–H groups in total. The molecule has 1 fully saturated rings. The van der Waals surface area contributed by atoms with Gasteiger partial charge in [-0.25, -0.2) is 0 Å². The molecule has 0 radical (unpaired) electrons. The minimum atomic E-state index is -0.601. The van der Waals surface area contributed by atoms with E-state index in [9.17, 15) is 14.4 Å². The predicted octanol–water partition coefficient (Wildman–Crippen LogP) is 4.11. The summed E-state index contributed by atoms with van der Waals surface area (Å²) < 4.78 is 16.3. The van der Waals surface area contributed by atoms with Gasteiger partial charge < -0.3 is 14.2 Å². The molecule has 0 aromatic heterocycles. The van der Waals surface area contributed by atoms with Gasteiger partial charge in [0, 0.05) is 0 Å². The minimum Gasteiger partial charge on any atom is -0.493 e. The van der Waals surface area contributed by atoms with Crippen molar-refractivity contribution in [2.45, 2.75) is 40.2 Å². The van der Waals surface area contributed by atoms with E-state index in [1.54, 1.807) is 31.4 Å². The number of amides is 2. The Kier molecular flexibility index (Phi) is 8.13. The van der Waals surface area contributed by atoms with Gasteiger partial charge in [0.25, 0.3) is 11.1 Å². The molecule has 1 aliphatic rings. The molecule has 0 unspecified atom stereocenters. The summed E-state index contributed by atoms with van der Waals surface area (Å²) in [5.74, 6) is 0.211. The molecule has 2 amide bonds. The second-order valence-corrected chi connectivity index (χ2v) is 8.08. The highest BCUT2D eigenvalue weighted by atomic mass is 32.2. The molecule has 0 saturated carbocycles. The van der Waals surface area contributed by atoms with Crippen LogP contribution in [-0.4, -0.2) is 48.4 Å². The first kappa shape index (κ1) is 22.8. The molecule has 0 spiro atoms. The lowest BCUT2D eigenvalue weighted by Gasteiger charge is -2.15. The lowest BCUT2D eigenvalue weighted by molar-refractivity contribution is -0.147. The maximum Gasteiger partial charge on any atom is 0.326 e. The highest BCUT2D eigenvalue weighted by molar-refractivity contribution is 8.18. The molecule has 29 heavy (non-hydrogen) atoms. The third-order valence-electron chi connectivity index (χ3n) is 4.13. The van der Waals surface area contributed by atoms with Crippen LogP contribution in [0.25, 0.3) is 6.08 Å². The Morgan fingerprint density at radius 3 is 2.55 bits per heavy atom. The number of hydrogen-bond donors (Lipinski definition) is 0. The fourth-order valence-electron chi connectivity index (χ4n) is 2.39. The van der Waals surface area contributed by atoms with Crippen LogP contribution in [0.15, 0.2) is 23.1 Å². The van der Waals surface area contributed by atoms with Crippen LogP contribution in [0.4, 0.5) is 4.79 Å². The van der Waals surface area contributed by atoms with E-state index in [1.807, 2.05) is 27.7 Å². The van der Waals surface area contributed by atoms with E-state index in [4.69, 9.17) is 14.2 Å². The van der Waals surface area contributed by atoms with Crippen molar-refractivity contribution in [1.82, 2.24) is 4.90 Å². The largest absolute Gasteiger partial charge is 0.493 e. The molecule has 158 valence electrons. The van der Waals surface area contributed by atoms with Gasteiger partial charge in [-0.3, -0.25) is 19.3 Å². The lowest BCUT2D eigenvalue weighted by Crippen LogP contribution is -2.34. The number of thioether (sulfide) groups is 1. The Morgan fingerprint density at radius 2 is 1.93 bits per heavy atom. The number of imide groups is 1. The first-order valence-electron chi connectivity index (χ1n) is 9.50. The highest BCUT2D eigenvalue weighted by Crippen LogP contribution is 2.34. The average Bonchev–Trinajstić information content (AvgIpc) is 2.94. The number of carbonyl (C=O) groups is 3. The number of hydrogen-bond acceptors (Lipinski definition) is 7. The summed E-state index contributed by atoms with van der Waals surface area (Å²) in [6.07, 6.45) is 2.50. The van der Waals surface area contributed by atoms with Crippen LogP contribution in [0.5, 0.6) is 11.5 Å². The maximum absolute atomic E-state index is 12.6. The van der Waals surface area contributed by atoms with Crippen LogP contribution in [-0.2, 0) is 14.3 Å². The van der Waals surface area contributed by atoms with Gasteiger partial charge in [0.1, 0.15) is 6.54 Å². The van der Waals surface area contributed by atoms with Gasteiger partial charge in [-0.1, -0.05) is 26.8 Å². The van der Waals surface area contributed by atoms with E-state index in [0.717, 1.165) is 23.1 Å². The topological polar surface area (TPSA) is 82.1 Å². The van der Waals surface area contributed by atoms with Crippen LogP contribution in [0.2, 0.25) is 0 Å². The van der Waals surface area contributed by atoms with Crippen molar-refractivity contribution in [3.63, 3.8) is 0 Å². The zero-order valence-electron chi connectivity index (χ0n) is 17.4. The van der Waals surface area contributed by atoms with E-state index >= 15 is 0 Å². The number of methoxy groups -OCH3 is 1. The van der Waals surface area contributed by atoms with Gasteiger partial charge in [-0.2, -0.15) is 0 Å². The second kappa shape index (κ2) is 10.3. The van der Waals surface area contributed by atoms with Crippen molar-refractivity contribution >= 4 is 35.0 Å². The van der Waals surface area contributed by atoms with Gasteiger partial charge in [0.05, 0.1) is 24.7 Å². The molecule has 1 heterocycles. The van der Waals surface area contributed by atoms with Crippen LogP contribution in [0, 0.1) is 5.92 Å². The second-order valence-electron chi connectivity index (χ2n) is 7.09. The molecular weight excluding hydrogens is 394 g/mol. The summed E-state index contributed by atoms with van der Waals surface area (Å²) in [6.45, 7) is 7.67. The molecule has 7 nitrogen and oxygen atoms in total. The normalized spacial score (nSPS) is 16.5. The molecule has 0 bridgehead atoms. The summed E-state index contributed by atoms with van der Waals surface area (Å²) in [5, 5.41) is -0.494. The average molecular weight is 422 g/mol. The molecule has 1 aromatic rings. The zero-order chi connectivity index (χ0) is 21.6. The van der Waals surface area contributed by atoms with E-state index in [2.05, 4.69) is 0 Å². The van der Waals surface area contributed by atoms with Crippen LogP contribution < -0.4 is 9.47 Å². The van der Waals surface area contributed by atoms with Crippen LogP contribution in [0.1, 0.15) is 39.7 Å². The Balaban J connectivity index is 2.13. The van der Waals surface area contributed by atoms with Gasteiger partial charge in [0.15, 0.2) is 11.5 Å². The van der Waals surface area contributed by atoms with Crippen LogP contribution in [0.3, 0.4) is 0 Å². The number of esters is 1. The van der Waals surface area contributed by atoms with E-state index in [1.165, 1.54) is 0 Å². The van der Waals surface area contributed by atoms with Crippen molar-refractivity contribution in [3.05, 3.63) is 28.7 Å². The summed E-state index contributed by atoms with van der Waals surface area (Å²) in [7, 11) is 1.54. The fraction of sp³-hybridized carbons (Fsp3) is 0.476. The third kappa shape index (κ3) is 6.25. The Bertz CT molecular complexity index is 804. The van der Waals surface area contributed by atoms with Crippen LogP contribution >= 0.6 is 11.8 Å². The summed E-state index contributed by atoms with van der Waals surface area (Å²) in [4.78, 5) is 37.7. The molecule has 1 aromatic carbocycles. The van der Waals surface area contributed by atoms with Gasteiger partial charge in [-0.15, -0.1) is 0 Å². The number of rotatable bonds is 9. The smallest absolute Gasteiger partial charge is 0.326 e. The van der Waals surface area contributed by atoms with Crippen molar-refractivity contribution in [3.8, 4) is 11.5 Å². The van der Waals surface area contributed by atoms with Gasteiger partial charge >= 0.3 is 5.97 Å². The Labute approximate surface area is 175 Å². The molecule has 0 aliphatic carbocycles. The summed E-state index contributed by atoms with van der Waals surface area (Å²) in [6, 6.07) is 5.29. The molecule has 1 atom stereocenters. The fourth-order valence-corrected chi connectivity index (χ4v) is 3.23. The predicted molar refractivity (Wildman–Crippen MR) is 112 cm³/mol. The standard InChI is InChI=1S/C21H27NO6S/c1-6-14(4)28-16-8-7-15(9-17(16)26-5)10-18-20(24)22(21(25)29-18)11-19(23)27-12-13(2)3/h7-10,13-14H,6,11-12H2,1-5H3/b18-10-/t14-/m1/s1. The zero-order valence-corrected chi connectivity index (χ0v) is 18.2. The molecule has 1 aliphatic heterocycles. The van der Waals surface area contributed by atoms with Gasteiger partial charge in [0.2, 0.25) is 0 Å². The molecule has 1 saturated heterocycles. The molecule has 2 rings (SSSR count). The number of nitrogens with zero attached hydrogens (tertiary/aromatic N) is 1. The first-order valence-corrected chi connectivity index (χ1v) is 10.3. The minimum absolute atomic E-state index is 0.0432. The number of benzene rings is 1. The van der Waals surface area contributed by atoms with Crippen molar-refractivity contribution in [1.29, 1.82) is 0 Å². The van der Waals surface area contributed by atoms with Gasteiger partial charge in [-0.05, 0) is 54.8 Å². The molecule has 8 heteroatoms. The van der Waals surface area contributed by atoms with E-state index < -0.39 is 17.1 Å². The highest BCUT2D eigenvalue weighted by Gasteiger charge is 2.36. The monoisotopic (exact) mass is 421 g/mol. The van der Waals surface area contributed by atoms with Crippen molar-refractivity contribution < 1.29 is 28.6 Å². The number of carbonyl (C=O) groups excluding carboxylic acids is 3. The third-order valence-corrected chi connectivity index (χ3v) is 5.03. The summed E-state index contributed by atoms with van der Waals surface area (Å²) >= 11 is 0.794. The van der Waals surface area contributed by atoms with E-state index in [-0.39, 0.29) is 30.1 Å². The Morgan fingerprint density at radius 1 is 1.21 bits per heavy atom. The summed E-state index contributed by atoms with van der Waals surface area (Å²) in [5.41, 5.74) is 0.686. The van der Waals surface area contributed by atoms with E-state index in [0.29, 0.717) is 17.1 Å². The van der Waals surface area contributed by atoms with Crippen molar-refractivity contribution in [2.24, 2.45) is 5.92 Å². The first-order chi connectivity index (χ1) is 13.7. The quantitative estimate of drug-likeness (QED) is 0.438. The van der Waals surface area contributed by atoms with Crippen molar-refractivity contribution in [2.75, 3.05) is 20.3 Å². The number of ether oxygens (including phenoxy) is 3. The maximum atomic E-state index is 12.6. The lowest BCUT2D eigenvalue weighted by atomic mass is 10.1.